The molecule has 3 aromatic heterocycles. The van der Waals surface area contributed by atoms with Gasteiger partial charge in [0.05, 0.1) is 38.6 Å². The van der Waals surface area contributed by atoms with E-state index in [1.807, 2.05) is 0 Å². The number of carbonyl (C=O) groups excluding carboxylic acids is 2. The van der Waals surface area contributed by atoms with Gasteiger partial charge in [0, 0.05) is 0 Å². The largest absolute Gasteiger partial charge is 0.497 e. The lowest BCUT2D eigenvalue weighted by Gasteiger charge is -2.28. The molecule has 4 rings (SSSR count). The molecule has 3 heterocycles. The van der Waals surface area contributed by atoms with E-state index in [2.05, 4.69) is 20.4 Å². The molecular weight excluding hydrogens is 428 g/mol. The predicted molar refractivity (Wildman–Crippen MR) is 119 cm³/mol. The molecule has 0 aliphatic heterocycles. The lowest BCUT2D eigenvalue weighted by molar-refractivity contribution is -0.148. The van der Waals surface area contributed by atoms with Crippen molar-refractivity contribution in [1.82, 2.24) is 19.7 Å². The molecule has 0 spiro atoms. The number of ketones is 1. The number of fused-ring (bicyclic) bond motifs is 1. The summed E-state index contributed by atoms with van der Waals surface area (Å²) in [4.78, 5) is 33.8. The number of benzene rings is 1. The minimum Gasteiger partial charge on any atom is -0.497 e. The maximum Gasteiger partial charge on any atom is 0.338 e. The van der Waals surface area contributed by atoms with Crippen LogP contribution in [-0.4, -0.2) is 52.3 Å². The smallest absolute Gasteiger partial charge is 0.338 e. The Kier molecular flexibility index (Phi) is 5.69. The van der Waals surface area contributed by atoms with Crippen molar-refractivity contribution in [2.75, 3.05) is 31.8 Å². The zero-order chi connectivity index (χ0) is 23.6. The van der Waals surface area contributed by atoms with Gasteiger partial charge in [-0.25, -0.2) is 9.48 Å². The zero-order valence-electron chi connectivity index (χ0n) is 18.2. The number of esters is 1. The van der Waals surface area contributed by atoms with Crippen molar-refractivity contribution in [2.45, 2.75) is 12.5 Å². The minimum atomic E-state index is -1.40. The van der Waals surface area contributed by atoms with E-state index < -0.39 is 11.5 Å². The maximum absolute atomic E-state index is 13.0. The summed E-state index contributed by atoms with van der Waals surface area (Å²) in [7, 11) is 2.83. The van der Waals surface area contributed by atoms with Gasteiger partial charge in [-0.15, -0.1) is 0 Å². The van der Waals surface area contributed by atoms with E-state index in [0.29, 0.717) is 22.5 Å². The highest BCUT2D eigenvalue weighted by Crippen LogP contribution is 2.33. The van der Waals surface area contributed by atoms with Crippen LogP contribution in [0.25, 0.3) is 11.0 Å². The Morgan fingerprint density at radius 2 is 2.03 bits per heavy atom. The van der Waals surface area contributed by atoms with Crippen LogP contribution in [0.3, 0.4) is 0 Å². The molecule has 0 saturated heterocycles. The Labute approximate surface area is 188 Å². The van der Waals surface area contributed by atoms with Crippen LogP contribution >= 0.6 is 0 Å². The van der Waals surface area contributed by atoms with E-state index in [0.717, 1.165) is 0 Å². The molecule has 0 saturated carbocycles. The fourth-order valence-corrected chi connectivity index (χ4v) is 3.53. The van der Waals surface area contributed by atoms with E-state index in [-0.39, 0.29) is 29.7 Å². The van der Waals surface area contributed by atoms with E-state index in [1.165, 1.54) is 31.4 Å². The second-order valence-corrected chi connectivity index (χ2v) is 7.27. The normalized spacial score (nSPS) is 12.8. The lowest BCUT2D eigenvalue weighted by Crippen LogP contribution is -2.42. The molecule has 1 aromatic carbocycles. The van der Waals surface area contributed by atoms with Gasteiger partial charge < -0.3 is 24.9 Å². The number of hydrogen-bond donors (Lipinski definition) is 2. The Morgan fingerprint density at radius 1 is 1.21 bits per heavy atom. The number of aromatic nitrogens is 4. The summed E-state index contributed by atoms with van der Waals surface area (Å²) in [5.74, 6) is 0.172. The first-order valence-electron chi connectivity index (χ1n) is 9.93. The molecule has 0 aliphatic carbocycles. The number of carbonyl (C=O) groups is 2. The van der Waals surface area contributed by atoms with Crippen molar-refractivity contribution >= 4 is 34.6 Å². The van der Waals surface area contributed by atoms with Gasteiger partial charge in [0.25, 0.3) is 0 Å². The molecule has 170 valence electrons. The number of Topliss-reactive ketones (excluding diaryl/α,β-unsaturated/α-hetero) is 1. The van der Waals surface area contributed by atoms with Crippen LogP contribution in [0, 0.1) is 0 Å². The van der Waals surface area contributed by atoms with Crippen molar-refractivity contribution in [2.24, 2.45) is 0 Å². The summed E-state index contributed by atoms with van der Waals surface area (Å²) in [6, 6.07) is 10.2. The number of rotatable bonds is 8. The van der Waals surface area contributed by atoms with E-state index in [9.17, 15) is 9.59 Å². The van der Waals surface area contributed by atoms with Crippen LogP contribution in [0.2, 0.25) is 0 Å². The van der Waals surface area contributed by atoms with Crippen LogP contribution in [0.4, 0.5) is 11.8 Å². The third-order valence-corrected chi connectivity index (χ3v) is 5.30. The standard InChI is InChI=1S/C22H22N6O5/c1-22(20(30)32-3,13-6-4-7-14(10-13)31-2)28-19-15(11-25-28)18(26-21(23)27-19)24-12-16(29)17-8-5-9-33-17/h4-11H,12H2,1-3H3,(H3,23,24,26,27). The minimum absolute atomic E-state index is 0.0601. The van der Waals surface area contributed by atoms with Gasteiger partial charge in [-0.05, 0) is 36.8 Å². The van der Waals surface area contributed by atoms with Gasteiger partial charge in [0.1, 0.15) is 11.6 Å². The quantitative estimate of drug-likeness (QED) is 0.302. The Hall–Kier alpha value is -4.41. The van der Waals surface area contributed by atoms with Crippen LogP contribution in [0.5, 0.6) is 5.75 Å². The molecule has 3 N–H and O–H groups in total. The van der Waals surface area contributed by atoms with Crippen molar-refractivity contribution in [3.8, 4) is 5.75 Å². The number of hydrogen-bond acceptors (Lipinski definition) is 10. The SMILES string of the molecule is COC(=O)C(C)(c1cccc(OC)c1)n1ncc2c(NCC(=O)c3ccco3)nc(N)nc21. The van der Waals surface area contributed by atoms with Gasteiger partial charge in [0.2, 0.25) is 11.7 Å². The molecular formula is C22H22N6O5. The number of furan rings is 1. The third kappa shape index (κ3) is 3.84. The second kappa shape index (κ2) is 8.61. The molecule has 0 aliphatic rings. The summed E-state index contributed by atoms with van der Waals surface area (Å²) in [6.07, 6.45) is 2.92. The molecule has 33 heavy (non-hydrogen) atoms. The number of anilines is 2. The number of nitrogens with two attached hydrogens (primary N) is 1. The van der Waals surface area contributed by atoms with E-state index >= 15 is 0 Å². The molecule has 0 radical (unpaired) electrons. The number of ether oxygens (including phenoxy) is 2. The summed E-state index contributed by atoms with van der Waals surface area (Å²) in [5, 5.41) is 7.84. The summed E-state index contributed by atoms with van der Waals surface area (Å²) < 4.78 is 17.0. The first-order chi connectivity index (χ1) is 15.9. The maximum atomic E-state index is 13.0. The molecule has 1 unspecified atom stereocenters. The number of methoxy groups -OCH3 is 2. The van der Waals surface area contributed by atoms with Gasteiger partial charge in [-0.3, -0.25) is 4.79 Å². The van der Waals surface area contributed by atoms with Crippen molar-refractivity contribution < 1.29 is 23.5 Å². The van der Waals surface area contributed by atoms with Crippen molar-refractivity contribution in [3.63, 3.8) is 0 Å². The Balaban J connectivity index is 1.79. The van der Waals surface area contributed by atoms with Crippen molar-refractivity contribution in [3.05, 3.63) is 60.2 Å². The molecule has 0 fully saturated rings. The van der Waals surface area contributed by atoms with Crippen LogP contribution in [-0.2, 0) is 15.1 Å². The monoisotopic (exact) mass is 450 g/mol. The number of nitrogen functional groups attached to an aromatic ring is 1. The Bertz CT molecular complexity index is 1320. The third-order valence-electron chi connectivity index (χ3n) is 5.30. The highest BCUT2D eigenvalue weighted by atomic mass is 16.5. The second-order valence-electron chi connectivity index (χ2n) is 7.27. The molecule has 1 atom stereocenters. The van der Waals surface area contributed by atoms with Gasteiger partial charge in [-0.2, -0.15) is 15.1 Å². The highest BCUT2D eigenvalue weighted by Gasteiger charge is 2.41. The molecule has 11 nitrogen and oxygen atoms in total. The van der Waals surface area contributed by atoms with Gasteiger partial charge >= 0.3 is 5.97 Å². The fraction of sp³-hybridized carbons (Fsp3) is 0.227. The average molecular weight is 450 g/mol. The number of nitrogens with one attached hydrogen (secondary N) is 1. The van der Waals surface area contributed by atoms with E-state index in [4.69, 9.17) is 19.6 Å². The van der Waals surface area contributed by atoms with Crippen LogP contribution in [0.15, 0.2) is 53.3 Å². The van der Waals surface area contributed by atoms with Crippen molar-refractivity contribution in [1.29, 1.82) is 0 Å². The average Bonchev–Trinajstić information content (AvgIpc) is 3.52. The predicted octanol–water partition coefficient (Wildman–Crippen LogP) is 2.24. The topological polar surface area (TPSA) is 147 Å². The lowest BCUT2D eigenvalue weighted by atomic mass is 9.92. The first kappa shape index (κ1) is 21.8. The van der Waals surface area contributed by atoms with Crippen LogP contribution < -0.4 is 15.8 Å². The van der Waals surface area contributed by atoms with Crippen LogP contribution in [0.1, 0.15) is 23.0 Å². The van der Waals surface area contributed by atoms with Gasteiger partial charge in [0.15, 0.2) is 16.9 Å². The fourth-order valence-electron chi connectivity index (χ4n) is 3.53. The van der Waals surface area contributed by atoms with Gasteiger partial charge in [-0.1, -0.05) is 12.1 Å². The zero-order valence-corrected chi connectivity index (χ0v) is 18.2. The number of nitrogens with zero attached hydrogens (tertiary/aromatic N) is 4. The molecule has 0 amide bonds. The molecule has 0 bridgehead atoms. The first-order valence-corrected chi connectivity index (χ1v) is 9.93. The summed E-state index contributed by atoms with van der Waals surface area (Å²) >= 11 is 0. The van der Waals surface area contributed by atoms with E-state index in [1.54, 1.807) is 43.3 Å². The summed E-state index contributed by atoms with van der Waals surface area (Å²) in [5.41, 5.74) is 5.40. The summed E-state index contributed by atoms with van der Waals surface area (Å²) in [6.45, 7) is 1.57. The highest BCUT2D eigenvalue weighted by molar-refractivity contribution is 5.98. The Morgan fingerprint density at radius 3 is 2.73 bits per heavy atom. The molecule has 4 aromatic rings. The molecule has 11 heteroatoms.